The van der Waals surface area contributed by atoms with Crippen LogP contribution in [0.5, 0.6) is 0 Å². The predicted molar refractivity (Wildman–Crippen MR) is 41.3 cm³/mol. The Bertz CT molecular complexity index is 259. The first kappa shape index (κ1) is 8.16. The molecule has 0 radical (unpaired) electrons. The van der Waals surface area contributed by atoms with Gasteiger partial charge in [-0.25, -0.2) is 10.5 Å². The number of carbonyl (C=O) groups excluding carboxylic acids is 1. The predicted octanol–water partition coefficient (Wildman–Crippen LogP) is 0.743. The van der Waals surface area contributed by atoms with E-state index in [1.807, 2.05) is 6.92 Å². The number of hydrogen-bond donors (Lipinski definition) is 1. The normalized spacial score (nSPS) is 9.64. The first-order chi connectivity index (χ1) is 5.24. The highest BCUT2D eigenvalue weighted by molar-refractivity contribution is 7.13. The minimum absolute atomic E-state index is 0.300. The molecule has 1 aromatic heterocycles. The number of nitrogens with one attached hydrogen (secondary N) is 1. The molecule has 11 heavy (non-hydrogen) atoms. The molecule has 0 unspecified atom stereocenters. The van der Waals surface area contributed by atoms with Gasteiger partial charge in [-0.3, -0.25) is 9.63 Å². The summed E-state index contributed by atoms with van der Waals surface area (Å²) in [7, 11) is 1.39. The lowest BCUT2D eigenvalue weighted by Gasteiger charge is -1.95. The van der Waals surface area contributed by atoms with E-state index in [9.17, 15) is 4.79 Å². The monoisotopic (exact) mass is 172 g/mol. The van der Waals surface area contributed by atoms with Crippen LogP contribution in [-0.2, 0) is 4.84 Å². The number of nitrogens with zero attached hydrogens (tertiary/aromatic N) is 1. The molecule has 0 bridgehead atoms. The van der Waals surface area contributed by atoms with Crippen molar-refractivity contribution in [3.63, 3.8) is 0 Å². The number of aryl methyl sites for hydroxylation is 1. The summed E-state index contributed by atoms with van der Waals surface area (Å²) in [6.07, 6.45) is 1.65. The van der Waals surface area contributed by atoms with Gasteiger partial charge in [0.05, 0.1) is 7.11 Å². The highest BCUT2D eigenvalue weighted by Gasteiger charge is 2.07. The number of aromatic nitrogens is 1. The van der Waals surface area contributed by atoms with Crippen molar-refractivity contribution >= 4 is 17.2 Å². The molecule has 0 atom stereocenters. The summed E-state index contributed by atoms with van der Waals surface area (Å²) >= 11 is 1.33. The smallest absolute Gasteiger partial charge is 0.277 e. The first-order valence-corrected chi connectivity index (χ1v) is 3.81. The molecule has 1 amide bonds. The van der Waals surface area contributed by atoms with Crippen molar-refractivity contribution < 1.29 is 9.63 Å². The van der Waals surface area contributed by atoms with E-state index < -0.39 is 0 Å². The highest BCUT2D eigenvalue weighted by atomic mass is 32.1. The van der Waals surface area contributed by atoms with E-state index in [1.54, 1.807) is 6.20 Å². The molecular weight excluding hydrogens is 164 g/mol. The van der Waals surface area contributed by atoms with Crippen molar-refractivity contribution in [1.82, 2.24) is 10.5 Å². The zero-order chi connectivity index (χ0) is 8.27. The van der Waals surface area contributed by atoms with Gasteiger partial charge in [0, 0.05) is 11.1 Å². The molecule has 1 heterocycles. The second kappa shape index (κ2) is 3.45. The van der Waals surface area contributed by atoms with Gasteiger partial charge in [-0.1, -0.05) is 0 Å². The Balaban J connectivity index is 2.69. The van der Waals surface area contributed by atoms with Crippen molar-refractivity contribution in [2.45, 2.75) is 6.92 Å². The van der Waals surface area contributed by atoms with Crippen LogP contribution < -0.4 is 5.48 Å². The molecule has 60 valence electrons. The summed E-state index contributed by atoms with van der Waals surface area (Å²) < 4.78 is 0. The SMILES string of the molecule is CONC(=O)c1ncc(C)s1. The van der Waals surface area contributed by atoms with Gasteiger partial charge < -0.3 is 0 Å². The second-order valence-electron chi connectivity index (χ2n) is 1.91. The average molecular weight is 172 g/mol. The summed E-state index contributed by atoms with van der Waals surface area (Å²) in [5.41, 5.74) is 2.18. The molecule has 1 N–H and O–H groups in total. The summed E-state index contributed by atoms with van der Waals surface area (Å²) in [6.45, 7) is 1.89. The molecule has 1 rings (SSSR count). The summed E-state index contributed by atoms with van der Waals surface area (Å²) in [4.78, 5) is 20.3. The molecule has 0 aliphatic rings. The van der Waals surface area contributed by atoms with Crippen molar-refractivity contribution in [2.24, 2.45) is 0 Å². The van der Waals surface area contributed by atoms with Crippen LogP contribution >= 0.6 is 11.3 Å². The van der Waals surface area contributed by atoms with E-state index in [0.717, 1.165) is 4.88 Å². The van der Waals surface area contributed by atoms with E-state index in [1.165, 1.54) is 18.4 Å². The van der Waals surface area contributed by atoms with Crippen LogP contribution in [0.25, 0.3) is 0 Å². The van der Waals surface area contributed by atoms with E-state index in [-0.39, 0.29) is 5.91 Å². The summed E-state index contributed by atoms with van der Waals surface area (Å²) in [5, 5.41) is 0.421. The standard InChI is InChI=1S/C6H8N2O2S/c1-4-3-7-6(11-4)5(9)8-10-2/h3H,1-2H3,(H,8,9). The lowest BCUT2D eigenvalue weighted by molar-refractivity contribution is 0.0537. The van der Waals surface area contributed by atoms with Crippen LogP contribution in [0, 0.1) is 6.92 Å². The van der Waals surface area contributed by atoms with Gasteiger partial charge in [0.1, 0.15) is 0 Å². The van der Waals surface area contributed by atoms with Crippen LogP contribution in [-0.4, -0.2) is 18.0 Å². The fourth-order valence-electron chi connectivity index (χ4n) is 0.596. The Hall–Kier alpha value is -0.940. The zero-order valence-corrected chi connectivity index (χ0v) is 7.07. The number of rotatable bonds is 2. The van der Waals surface area contributed by atoms with Crippen LogP contribution in [0.4, 0.5) is 0 Å². The molecule has 0 aromatic carbocycles. The van der Waals surface area contributed by atoms with E-state index in [0.29, 0.717) is 5.01 Å². The summed E-state index contributed by atoms with van der Waals surface area (Å²) in [5.74, 6) is -0.300. The fraction of sp³-hybridized carbons (Fsp3) is 0.333. The van der Waals surface area contributed by atoms with Gasteiger partial charge in [-0.2, -0.15) is 0 Å². The third-order valence-corrected chi connectivity index (χ3v) is 1.92. The molecule has 0 aliphatic carbocycles. The second-order valence-corrected chi connectivity index (χ2v) is 3.15. The maximum absolute atomic E-state index is 11.0. The van der Waals surface area contributed by atoms with Gasteiger partial charge in [-0.05, 0) is 6.92 Å². The molecule has 0 aliphatic heterocycles. The van der Waals surface area contributed by atoms with Gasteiger partial charge >= 0.3 is 5.91 Å². The van der Waals surface area contributed by atoms with Crippen molar-refractivity contribution in [3.8, 4) is 0 Å². The van der Waals surface area contributed by atoms with Crippen molar-refractivity contribution in [2.75, 3.05) is 7.11 Å². The summed E-state index contributed by atoms with van der Waals surface area (Å²) in [6, 6.07) is 0. The van der Waals surface area contributed by atoms with Crippen molar-refractivity contribution in [3.05, 3.63) is 16.1 Å². The van der Waals surface area contributed by atoms with Gasteiger partial charge in [0.25, 0.3) is 0 Å². The van der Waals surface area contributed by atoms with Crippen LogP contribution in [0.2, 0.25) is 0 Å². The third kappa shape index (κ3) is 1.99. The molecule has 0 fully saturated rings. The van der Waals surface area contributed by atoms with Gasteiger partial charge in [0.2, 0.25) is 0 Å². The quantitative estimate of drug-likeness (QED) is 0.669. The Morgan fingerprint density at radius 3 is 3.00 bits per heavy atom. The Labute approximate surface area is 68.2 Å². The van der Waals surface area contributed by atoms with E-state index in [2.05, 4.69) is 15.3 Å². The van der Waals surface area contributed by atoms with Crippen LogP contribution in [0.3, 0.4) is 0 Å². The molecule has 5 heteroatoms. The number of thiazole rings is 1. The largest absolute Gasteiger partial charge is 0.303 e. The zero-order valence-electron chi connectivity index (χ0n) is 6.25. The fourth-order valence-corrected chi connectivity index (χ4v) is 1.25. The minimum atomic E-state index is -0.300. The van der Waals surface area contributed by atoms with Crippen LogP contribution in [0.1, 0.15) is 14.7 Å². The lowest BCUT2D eigenvalue weighted by Crippen LogP contribution is -2.21. The van der Waals surface area contributed by atoms with Crippen LogP contribution in [0.15, 0.2) is 6.20 Å². The topological polar surface area (TPSA) is 51.2 Å². The Morgan fingerprint density at radius 1 is 1.82 bits per heavy atom. The Kier molecular flexibility index (Phi) is 2.56. The molecule has 0 saturated carbocycles. The maximum Gasteiger partial charge on any atom is 0.303 e. The molecule has 4 nitrogen and oxygen atoms in total. The van der Waals surface area contributed by atoms with Gasteiger partial charge in [-0.15, -0.1) is 11.3 Å². The third-order valence-electron chi connectivity index (χ3n) is 1.01. The molecular formula is C6H8N2O2S. The molecule has 0 saturated heterocycles. The minimum Gasteiger partial charge on any atom is -0.277 e. The first-order valence-electron chi connectivity index (χ1n) is 3.00. The van der Waals surface area contributed by atoms with E-state index in [4.69, 9.17) is 0 Å². The van der Waals surface area contributed by atoms with Crippen molar-refractivity contribution in [1.29, 1.82) is 0 Å². The average Bonchev–Trinajstić information content (AvgIpc) is 2.36. The Morgan fingerprint density at radius 2 is 2.55 bits per heavy atom. The number of hydroxylamine groups is 1. The van der Waals surface area contributed by atoms with E-state index >= 15 is 0 Å². The van der Waals surface area contributed by atoms with Gasteiger partial charge in [0.15, 0.2) is 5.01 Å². The number of amides is 1. The molecule has 0 spiro atoms. The number of hydrogen-bond acceptors (Lipinski definition) is 4. The maximum atomic E-state index is 11.0. The number of carbonyl (C=O) groups is 1. The highest BCUT2D eigenvalue weighted by Crippen LogP contribution is 2.10. The molecule has 1 aromatic rings. The lowest BCUT2D eigenvalue weighted by atomic mass is 10.6.